The van der Waals surface area contributed by atoms with Crippen LogP contribution in [0, 0.1) is 52.8 Å². The van der Waals surface area contributed by atoms with Gasteiger partial charge in [0.1, 0.15) is 0 Å². The van der Waals surface area contributed by atoms with Crippen LogP contribution in [-0.2, 0) is 11.3 Å². The zero-order chi connectivity index (χ0) is 22.1. The van der Waals surface area contributed by atoms with Gasteiger partial charge in [-0.15, -0.1) is 0 Å². The fourth-order valence-electron chi connectivity index (χ4n) is 9.79. The Balaban J connectivity index is 1.16. The number of carbonyl (C=O) groups is 1. The van der Waals surface area contributed by atoms with Crippen LogP contribution in [0.4, 0.5) is 0 Å². The summed E-state index contributed by atoms with van der Waals surface area (Å²) in [4.78, 5) is 17.4. The van der Waals surface area contributed by atoms with Crippen LogP contribution in [-0.4, -0.2) is 37.8 Å². The Morgan fingerprint density at radius 3 is 2.78 bits per heavy atom. The number of ketones is 1. The van der Waals surface area contributed by atoms with E-state index in [0.29, 0.717) is 36.0 Å². The first-order chi connectivity index (χ1) is 15.5. The Bertz CT molecular complexity index is 855. The van der Waals surface area contributed by atoms with Gasteiger partial charge in [0.15, 0.2) is 5.78 Å². The third kappa shape index (κ3) is 3.10. The van der Waals surface area contributed by atoms with Gasteiger partial charge in [0.25, 0.3) is 0 Å². The van der Waals surface area contributed by atoms with E-state index in [9.17, 15) is 15.0 Å². The molecule has 0 aliphatic heterocycles. The summed E-state index contributed by atoms with van der Waals surface area (Å²) in [7, 11) is 0. The predicted molar refractivity (Wildman–Crippen MR) is 121 cm³/mol. The lowest BCUT2D eigenvalue weighted by Gasteiger charge is -2.56. The number of imidazole rings is 1. The fraction of sp³-hybridized carbons (Fsp3) is 0.852. The average molecular weight is 441 g/mol. The molecule has 2 unspecified atom stereocenters. The summed E-state index contributed by atoms with van der Waals surface area (Å²) >= 11 is 0. The smallest absolute Gasteiger partial charge is 0.156 e. The first kappa shape index (κ1) is 21.3. The number of aromatic nitrogens is 2. The largest absolute Gasteiger partial charge is 0.396 e. The Kier molecular flexibility index (Phi) is 5.11. The number of hydrogen-bond acceptors (Lipinski definition) is 4. The minimum atomic E-state index is -0.412. The van der Waals surface area contributed by atoms with Gasteiger partial charge in [-0.25, -0.2) is 4.98 Å². The monoisotopic (exact) mass is 440 g/mol. The van der Waals surface area contributed by atoms with Crippen LogP contribution in [0.25, 0.3) is 0 Å². The molecule has 32 heavy (non-hydrogen) atoms. The number of hydrogen-bond donors (Lipinski definition) is 2. The van der Waals surface area contributed by atoms with E-state index in [1.807, 2.05) is 10.8 Å². The normalized spacial score (nSPS) is 49.0. The summed E-state index contributed by atoms with van der Waals surface area (Å²) in [5.41, 5.74) is -0.241. The molecule has 0 bridgehead atoms. The summed E-state index contributed by atoms with van der Waals surface area (Å²) < 4.78 is 1.93. The molecule has 1 aromatic heterocycles. The molecule has 0 amide bonds. The van der Waals surface area contributed by atoms with E-state index in [2.05, 4.69) is 11.9 Å². The van der Waals surface area contributed by atoms with E-state index in [4.69, 9.17) is 0 Å². The van der Waals surface area contributed by atoms with E-state index in [0.717, 1.165) is 43.4 Å². The van der Waals surface area contributed by atoms with E-state index in [-0.39, 0.29) is 17.9 Å². The van der Waals surface area contributed by atoms with Gasteiger partial charge in [0.2, 0.25) is 0 Å². The zero-order valence-electron chi connectivity index (χ0n) is 19.5. The van der Waals surface area contributed by atoms with E-state index < -0.39 is 5.60 Å². The van der Waals surface area contributed by atoms with Gasteiger partial charge in [0, 0.05) is 24.9 Å². The van der Waals surface area contributed by atoms with Gasteiger partial charge in [-0.05, 0) is 111 Å². The van der Waals surface area contributed by atoms with E-state index in [1.165, 1.54) is 38.5 Å². The molecule has 0 radical (unpaired) electrons. The molecular weight excluding hydrogens is 400 g/mol. The molecule has 6 rings (SSSR count). The van der Waals surface area contributed by atoms with Gasteiger partial charge in [0.05, 0.1) is 18.5 Å². The second-order valence-corrected chi connectivity index (χ2v) is 12.3. The lowest BCUT2D eigenvalue weighted by molar-refractivity contribution is -0.131. The second-order valence-electron chi connectivity index (χ2n) is 12.3. The van der Waals surface area contributed by atoms with E-state index in [1.54, 1.807) is 12.5 Å². The first-order valence-electron chi connectivity index (χ1n) is 13.3. The standard InChI is InChI=1S/C27H40N2O3/c1-26-9-8-18-19(21(26)6-7-23(26)25(31)15-29-11-10-28-16-29)5-4-17-14-27(32)22(3-2-12-30)24(27)13-20(17)18/h10-11,16-24,30,32H,2-9,12-15H2,1H3/t17-,18+,19-,20+,21+,22?,23-,24?,26+,27+/m1/s1. The lowest BCUT2D eigenvalue weighted by Crippen LogP contribution is -2.50. The van der Waals surface area contributed by atoms with Gasteiger partial charge < -0.3 is 14.8 Å². The van der Waals surface area contributed by atoms with Crippen molar-refractivity contribution in [3.63, 3.8) is 0 Å². The number of nitrogens with zero attached hydrogens (tertiary/aromatic N) is 2. The molecule has 1 heterocycles. The van der Waals surface area contributed by atoms with E-state index >= 15 is 0 Å². The van der Waals surface area contributed by atoms with Crippen molar-refractivity contribution >= 4 is 5.78 Å². The van der Waals surface area contributed by atoms with Crippen molar-refractivity contribution in [1.29, 1.82) is 0 Å². The molecule has 5 fully saturated rings. The Labute approximate surface area is 192 Å². The molecule has 5 saturated carbocycles. The maximum atomic E-state index is 13.3. The highest BCUT2D eigenvalue weighted by Gasteiger charge is 2.68. The van der Waals surface area contributed by atoms with Crippen molar-refractivity contribution in [1.82, 2.24) is 9.55 Å². The lowest BCUT2D eigenvalue weighted by atomic mass is 9.49. The molecular formula is C27H40N2O3. The van der Waals surface area contributed by atoms with Crippen molar-refractivity contribution in [2.24, 2.45) is 52.8 Å². The van der Waals surface area contributed by atoms with Crippen LogP contribution in [0.2, 0.25) is 0 Å². The molecule has 5 aliphatic rings. The van der Waals surface area contributed by atoms with Crippen LogP contribution in [0.15, 0.2) is 18.7 Å². The summed E-state index contributed by atoms with van der Waals surface area (Å²) in [6, 6.07) is 0. The summed E-state index contributed by atoms with van der Waals surface area (Å²) in [6.07, 6.45) is 16.8. The maximum absolute atomic E-state index is 13.3. The summed E-state index contributed by atoms with van der Waals surface area (Å²) in [6.45, 7) is 3.16. The molecule has 1 aromatic rings. The van der Waals surface area contributed by atoms with Gasteiger partial charge >= 0.3 is 0 Å². The van der Waals surface area contributed by atoms with Crippen LogP contribution < -0.4 is 0 Å². The van der Waals surface area contributed by atoms with Crippen LogP contribution in [0.3, 0.4) is 0 Å². The number of fused-ring (bicyclic) bond motifs is 6. The number of Topliss-reactive ketones (excluding diaryl/α,β-unsaturated/α-hetero) is 1. The van der Waals surface area contributed by atoms with Crippen LogP contribution in [0.5, 0.6) is 0 Å². The number of rotatable bonds is 6. The number of aliphatic hydroxyl groups is 2. The Morgan fingerprint density at radius 2 is 2.00 bits per heavy atom. The molecule has 0 saturated heterocycles. The summed E-state index contributed by atoms with van der Waals surface area (Å²) in [5.74, 6) is 5.29. The molecule has 176 valence electrons. The molecule has 0 aromatic carbocycles. The second kappa shape index (κ2) is 7.66. The molecule has 5 nitrogen and oxygen atoms in total. The van der Waals surface area contributed by atoms with Crippen LogP contribution >= 0.6 is 0 Å². The highest BCUT2D eigenvalue weighted by molar-refractivity contribution is 5.82. The third-order valence-corrected chi connectivity index (χ3v) is 11.3. The Morgan fingerprint density at radius 1 is 1.12 bits per heavy atom. The first-order valence-corrected chi connectivity index (χ1v) is 13.3. The van der Waals surface area contributed by atoms with Crippen molar-refractivity contribution in [3.8, 4) is 0 Å². The number of carbonyl (C=O) groups excluding carboxylic acids is 1. The highest BCUT2D eigenvalue weighted by atomic mass is 16.3. The average Bonchev–Trinajstić information content (AvgIpc) is 3.11. The van der Waals surface area contributed by atoms with Crippen molar-refractivity contribution < 1.29 is 15.0 Å². The van der Waals surface area contributed by atoms with Gasteiger partial charge in [-0.1, -0.05) is 6.92 Å². The molecule has 2 N–H and O–H groups in total. The minimum Gasteiger partial charge on any atom is -0.396 e. The molecule has 5 heteroatoms. The molecule has 5 aliphatic carbocycles. The topological polar surface area (TPSA) is 75.3 Å². The minimum absolute atomic E-state index is 0.171. The van der Waals surface area contributed by atoms with Gasteiger partial charge in [-0.3, -0.25) is 4.79 Å². The third-order valence-electron chi connectivity index (χ3n) is 11.3. The SMILES string of the molecule is C[C@]12CC[C@H]3[C@@H](CC[C@@H]4C[C@]5(O)C(CCCO)C5C[C@@H]43)[C@@H]1CC[C@@H]2C(=O)Cn1ccnc1. The zero-order valence-corrected chi connectivity index (χ0v) is 19.5. The van der Waals surface area contributed by atoms with Gasteiger partial charge in [-0.2, -0.15) is 0 Å². The Hall–Kier alpha value is -1.20. The predicted octanol–water partition coefficient (Wildman–Crippen LogP) is 4.08. The van der Waals surface area contributed by atoms with Crippen molar-refractivity contribution in [2.75, 3.05) is 6.61 Å². The molecule has 10 atom stereocenters. The molecule has 0 spiro atoms. The summed E-state index contributed by atoms with van der Waals surface area (Å²) in [5, 5.41) is 20.5. The fourth-order valence-corrected chi connectivity index (χ4v) is 9.79. The van der Waals surface area contributed by atoms with Crippen LogP contribution in [0.1, 0.15) is 71.1 Å². The maximum Gasteiger partial charge on any atom is 0.156 e. The quantitative estimate of drug-likeness (QED) is 0.699. The highest BCUT2D eigenvalue weighted by Crippen LogP contribution is 2.70. The van der Waals surface area contributed by atoms with Crippen molar-refractivity contribution in [2.45, 2.75) is 83.3 Å². The number of aliphatic hydroxyl groups excluding tert-OH is 1. The van der Waals surface area contributed by atoms with Crippen molar-refractivity contribution in [3.05, 3.63) is 18.7 Å².